The lowest BCUT2D eigenvalue weighted by Gasteiger charge is -2.26. The molecule has 0 unspecified atom stereocenters. The van der Waals surface area contributed by atoms with Crippen LogP contribution in [0.1, 0.15) is 25.0 Å². The summed E-state index contributed by atoms with van der Waals surface area (Å²) in [5, 5.41) is 1.87. The highest BCUT2D eigenvalue weighted by molar-refractivity contribution is 5.87. The van der Waals surface area contributed by atoms with Gasteiger partial charge in [0.2, 0.25) is 5.88 Å². The number of methoxy groups -OCH3 is 1. The second-order valence-electron chi connectivity index (χ2n) is 8.25. The van der Waals surface area contributed by atoms with Crippen LogP contribution in [0.5, 0.6) is 23.1 Å². The molecule has 0 saturated carbocycles. The van der Waals surface area contributed by atoms with Crippen LogP contribution in [0.15, 0.2) is 42.7 Å². The van der Waals surface area contributed by atoms with E-state index in [4.69, 9.17) is 14.2 Å². The number of hydrogen-bond donors (Lipinski definition) is 1. The average molecular weight is 433 g/mol. The lowest BCUT2D eigenvalue weighted by molar-refractivity contribution is 0.180. The molecule has 7 heteroatoms. The zero-order valence-corrected chi connectivity index (χ0v) is 18.6. The van der Waals surface area contributed by atoms with Gasteiger partial charge in [0.05, 0.1) is 18.0 Å². The van der Waals surface area contributed by atoms with Crippen LogP contribution >= 0.6 is 0 Å². The van der Waals surface area contributed by atoms with E-state index in [2.05, 4.69) is 25.9 Å². The van der Waals surface area contributed by atoms with Gasteiger partial charge in [0.15, 0.2) is 11.5 Å². The molecule has 0 spiro atoms. The molecule has 4 aromatic rings. The lowest BCUT2D eigenvalue weighted by Crippen LogP contribution is -2.33. The van der Waals surface area contributed by atoms with Crippen LogP contribution in [-0.4, -0.2) is 53.2 Å². The van der Waals surface area contributed by atoms with E-state index in [1.165, 1.54) is 25.6 Å². The van der Waals surface area contributed by atoms with Crippen molar-refractivity contribution in [1.82, 2.24) is 19.9 Å². The van der Waals surface area contributed by atoms with E-state index in [-0.39, 0.29) is 0 Å². The molecule has 2 aromatic carbocycles. The number of benzene rings is 2. The van der Waals surface area contributed by atoms with Gasteiger partial charge in [-0.1, -0.05) is 6.42 Å². The summed E-state index contributed by atoms with van der Waals surface area (Å²) in [6.07, 6.45) is 5.39. The maximum Gasteiger partial charge on any atom is 0.230 e. The van der Waals surface area contributed by atoms with Crippen LogP contribution in [0.3, 0.4) is 0 Å². The second kappa shape index (κ2) is 9.04. The Kier molecular flexibility index (Phi) is 5.81. The first-order valence-corrected chi connectivity index (χ1v) is 11.1. The van der Waals surface area contributed by atoms with Gasteiger partial charge >= 0.3 is 0 Å². The summed E-state index contributed by atoms with van der Waals surface area (Å²) in [5.41, 5.74) is 2.94. The number of aryl methyl sites for hydroxylation is 1. The van der Waals surface area contributed by atoms with Crippen LogP contribution in [-0.2, 0) is 0 Å². The third kappa shape index (κ3) is 4.34. The van der Waals surface area contributed by atoms with Crippen molar-refractivity contribution in [3.05, 3.63) is 48.4 Å². The molecule has 1 aliphatic rings. The van der Waals surface area contributed by atoms with Crippen molar-refractivity contribution in [2.45, 2.75) is 26.2 Å². The van der Waals surface area contributed by atoms with E-state index in [1.54, 1.807) is 7.11 Å². The van der Waals surface area contributed by atoms with Crippen molar-refractivity contribution < 1.29 is 14.2 Å². The number of nitrogens with one attached hydrogen (secondary N) is 1. The fourth-order valence-corrected chi connectivity index (χ4v) is 4.29. The first-order valence-electron chi connectivity index (χ1n) is 11.1. The van der Waals surface area contributed by atoms with Gasteiger partial charge in [0.1, 0.15) is 18.7 Å². The average Bonchev–Trinajstić information content (AvgIpc) is 3.19. The predicted octanol–water partition coefficient (Wildman–Crippen LogP) is 5.09. The third-order valence-electron chi connectivity index (χ3n) is 5.94. The van der Waals surface area contributed by atoms with Crippen LogP contribution in [0.25, 0.3) is 21.8 Å². The Hall–Kier alpha value is -3.32. The third-order valence-corrected chi connectivity index (χ3v) is 5.94. The minimum Gasteiger partial charge on any atom is -0.493 e. The molecule has 7 nitrogen and oxygen atoms in total. The van der Waals surface area contributed by atoms with E-state index in [0.29, 0.717) is 24.0 Å². The fourth-order valence-electron chi connectivity index (χ4n) is 4.29. The van der Waals surface area contributed by atoms with Gasteiger partial charge in [-0.2, -0.15) is 0 Å². The van der Waals surface area contributed by atoms with Crippen molar-refractivity contribution >= 4 is 21.8 Å². The highest BCUT2D eigenvalue weighted by Crippen LogP contribution is 2.36. The lowest BCUT2D eigenvalue weighted by atomic mass is 10.1. The summed E-state index contributed by atoms with van der Waals surface area (Å²) in [6.45, 7) is 5.88. The molecule has 1 saturated heterocycles. The summed E-state index contributed by atoms with van der Waals surface area (Å²) >= 11 is 0. The van der Waals surface area contributed by atoms with Crippen molar-refractivity contribution in [3.63, 3.8) is 0 Å². The van der Waals surface area contributed by atoms with E-state index < -0.39 is 0 Å². The highest BCUT2D eigenvalue weighted by Gasteiger charge is 2.15. The molecule has 2 aromatic heterocycles. The Labute approximate surface area is 187 Å². The topological polar surface area (TPSA) is 72.5 Å². The summed E-state index contributed by atoms with van der Waals surface area (Å²) in [6, 6.07) is 11.8. The molecule has 1 N–H and O–H groups in total. The highest BCUT2D eigenvalue weighted by atomic mass is 16.5. The number of likely N-dealkylation sites (tertiary alicyclic amines) is 1. The number of rotatable bonds is 7. The summed E-state index contributed by atoms with van der Waals surface area (Å²) < 4.78 is 17.8. The van der Waals surface area contributed by atoms with Crippen LogP contribution in [0.4, 0.5) is 0 Å². The van der Waals surface area contributed by atoms with Crippen LogP contribution < -0.4 is 14.2 Å². The number of nitrogens with zero attached hydrogens (tertiary/aromatic N) is 3. The summed E-state index contributed by atoms with van der Waals surface area (Å²) in [7, 11) is 1.64. The molecule has 3 heterocycles. The fraction of sp³-hybridized carbons (Fsp3) is 0.360. The first kappa shape index (κ1) is 20.6. The van der Waals surface area contributed by atoms with Gasteiger partial charge in [-0.05, 0) is 63.2 Å². The number of H-pyrrole nitrogens is 1. The minimum atomic E-state index is 0.486. The van der Waals surface area contributed by atoms with Crippen molar-refractivity contribution in [2.75, 3.05) is 33.4 Å². The van der Waals surface area contributed by atoms with Crippen molar-refractivity contribution in [2.24, 2.45) is 0 Å². The Bertz CT molecular complexity index is 1230. The molecule has 0 amide bonds. The predicted molar refractivity (Wildman–Crippen MR) is 125 cm³/mol. The number of aromatic nitrogens is 3. The Morgan fingerprint density at radius 1 is 1.00 bits per heavy atom. The second-order valence-corrected chi connectivity index (χ2v) is 8.25. The quantitative estimate of drug-likeness (QED) is 0.439. The van der Waals surface area contributed by atoms with Gasteiger partial charge in [-0.25, -0.2) is 9.97 Å². The Morgan fingerprint density at radius 2 is 1.88 bits per heavy atom. The van der Waals surface area contributed by atoms with Crippen LogP contribution in [0.2, 0.25) is 0 Å². The van der Waals surface area contributed by atoms with Gasteiger partial charge < -0.3 is 19.2 Å². The molecule has 1 aliphatic heterocycles. The van der Waals surface area contributed by atoms with Gasteiger partial charge in [-0.15, -0.1) is 0 Å². The molecule has 0 radical (unpaired) electrons. The SMILES string of the molecule is COc1cc2c(Oc3ccc4[nH]c(C)cc4c3)ncnc2cc1OCCN1CCCCC1. The molecule has 5 rings (SSSR count). The maximum absolute atomic E-state index is 6.14. The molecule has 32 heavy (non-hydrogen) atoms. The van der Waals surface area contributed by atoms with Crippen molar-refractivity contribution in [3.8, 4) is 23.1 Å². The summed E-state index contributed by atoms with van der Waals surface area (Å²) in [4.78, 5) is 14.6. The Balaban J connectivity index is 1.37. The first-order chi connectivity index (χ1) is 15.7. The van der Waals surface area contributed by atoms with E-state index in [0.717, 1.165) is 52.9 Å². The minimum absolute atomic E-state index is 0.486. The number of aromatic amines is 1. The molecule has 0 aliphatic carbocycles. The zero-order chi connectivity index (χ0) is 21.9. The molecule has 0 bridgehead atoms. The molecule has 1 fully saturated rings. The van der Waals surface area contributed by atoms with Crippen molar-refractivity contribution in [1.29, 1.82) is 0 Å². The summed E-state index contributed by atoms with van der Waals surface area (Å²) in [5.74, 6) is 2.54. The standard InChI is InChI=1S/C25H28N4O3/c1-17-12-18-13-19(6-7-21(18)28-17)32-25-20-14-23(30-2)24(15-22(20)26-16-27-25)31-11-10-29-8-4-3-5-9-29/h6-7,12-16,28H,3-5,8-11H2,1-2H3. The van der Waals surface area contributed by atoms with E-state index >= 15 is 0 Å². The number of fused-ring (bicyclic) bond motifs is 2. The molecule has 0 atom stereocenters. The number of piperidine rings is 1. The smallest absolute Gasteiger partial charge is 0.230 e. The monoisotopic (exact) mass is 432 g/mol. The van der Waals surface area contributed by atoms with Gasteiger partial charge in [0, 0.05) is 29.2 Å². The van der Waals surface area contributed by atoms with Crippen LogP contribution in [0, 0.1) is 6.92 Å². The number of ether oxygens (including phenoxy) is 3. The zero-order valence-electron chi connectivity index (χ0n) is 18.6. The van der Waals surface area contributed by atoms with E-state index in [1.807, 2.05) is 37.3 Å². The maximum atomic E-state index is 6.14. The number of hydrogen-bond acceptors (Lipinski definition) is 6. The largest absolute Gasteiger partial charge is 0.493 e. The molecular formula is C25H28N4O3. The van der Waals surface area contributed by atoms with E-state index in [9.17, 15) is 0 Å². The molecular weight excluding hydrogens is 404 g/mol. The van der Waals surface area contributed by atoms with Gasteiger partial charge in [0.25, 0.3) is 0 Å². The molecule has 166 valence electrons. The normalized spacial score (nSPS) is 14.7. The Morgan fingerprint density at radius 3 is 2.72 bits per heavy atom. The van der Waals surface area contributed by atoms with Gasteiger partial charge in [-0.3, -0.25) is 4.90 Å².